The monoisotopic (exact) mass is 307 g/mol. The molecule has 16 heavy (non-hydrogen) atoms. The van der Waals surface area contributed by atoms with Crippen molar-refractivity contribution in [3.63, 3.8) is 0 Å². The average molecular weight is 309 g/mol. The molecule has 6 heteroatoms. The van der Waals surface area contributed by atoms with Crippen molar-refractivity contribution in [3.05, 3.63) is 0 Å². The van der Waals surface area contributed by atoms with E-state index in [9.17, 15) is 0 Å². The van der Waals surface area contributed by atoms with Gasteiger partial charge in [-0.25, -0.2) is 0 Å². The quantitative estimate of drug-likeness (QED) is 0.427. The van der Waals surface area contributed by atoms with Crippen LogP contribution in [0.1, 0.15) is 26.7 Å². The first-order chi connectivity index (χ1) is 7.12. The van der Waals surface area contributed by atoms with E-state index in [0.717, 1.165) is 0 Å². The Morgan fingerprint density at radius 2 is 1.81 bits per heavy atom. The summed E-state index contributed by atoms with van der Waals surface area (Å²) < 4.78 is 3.77. The number of rotatable bonds is 4. The maximum atomic E-state index is 6.25. The highest BCUT2D eigenvalue weighted by Crippen LogP contribution is 2.40. The van der Waals surface area contributed by atoms with Crippen LogP contribution in [0.3, 0.4) is 0 Å². The third-order valence-corrected chi connectivity index (χ3v) is 3.56. The lowest BCUT2D eigenvalue weighted by Gasteiger charge is -2.31. The van der Waals surface area contributed by atoms with E-state index in [0.29, 0.717) is 12.3 Å². The summed E-state index contributed by atoms with van der Waals surface area (Å²) in [7, 11) is 3.25. The highest BCUT2D eigenvalue weighted by atomic mass is 35.6. The smallest absolute Gasteiger partial charge is 0.192 e. The van der Waals surface area contributed by atoms with Crippen LogP contribution in [0.2, 0.25) is 0 Å². The van der Waals surface area contributed by atoms with Crippen molar-refractivity contribution < 1.29 is 4.74 Å². The van der Waals surface area contributed by atoms with Crippen LogP contribution in [-0.2, 0) is 4.74 Å². The summed E-state index contributed by atoms with van der Waals surface area (Å²) in [4.78, 5) is 4.01. The topological polar surface area (TPSA) is 21.6 Å². The number of aliphatic imine (C=N–C) groups is 1. The number of halogens is 4. The van der Waals surface area contributed by atoms with E-state index in [1.165, 1.54) is 0 Å². The maximum absolute atomic E-state index is 6.25. The summed E-state index contributed by atoms with van der Waals surface area (Å²) in [6.45, 7) is 3.98. The van der Waals surface area contributed by atoms with E-state index < -0.39 is 3.79 Å². The minimum atomic E-state index is -1.33. The molecule has 0 aromatic carbocycles. The van der Waals surface area contributed by atoms with Gasteiger partial charge in [0.1, 0.15) is 0 Å². The van der Waals surface area contributed by atoms with Gasteiger partial charge in [-0.05, 0) is 5.41 Å². The van der Waals surface area contributed by atoms with Gasteiger partial charge in [0.2, 0.25) is 0 Å². The average Bonchev–Trinajstić information content (AvgIpc) is 2.11. The highest BCUT2D eigenvalue weighted by molar-refractivity contribution is 6.67. The predicted octanol–water partition coefficient (Wildman–Crippen LogP) is 4.45. The van der Waals surface area contributed by atoms with E-state index in [1.807, 2.05) is 13.8 Å². The van der Waals surface area contributed by atoms with E-state index in [1.54, 1.807) is 14.2 Å². The molecule has 0 aliphatic heterocycles. The van der Waals surface area contributed by atoms with Crippen molar-refractivity contribution in [1.29, 1.82) is 0 Å². The fourth-order valence-electron chi connectivity index (χ4n) is 1.22. The van der Waals surface area contributed by atoms with Gasteiger partial charge in [0, 0.05) is 25.3 Å². The van der Waals surface area contributed by atoms with Crippen LogP contribution in [0.5, 0.6) is 0 Å². The first-order valence-corrected chi connectivity index (χ1v) is 6.40. The fourth-order valence-corrected chi connectivity index (χ4v) is 2.23. The predicted molar refractivity (Wildman–Crippen MR) is 73.3 cm³/mol. The number of hydrogen-bond acceptors (Lipinski definition) is 2. The zero-order valence-corrected chi connectivity index (χ0v) is 12.9. The Kier molecular flexibility index (Phi) is 6.79. The first kappa shape index (κ1) is 16.6. The molecule has 0 amide bonds. The third-order valence-electron chi connectivity index (χ3n) is 2.35. The molecule has 96 valence electrons. The zero-order chi connectivity index (χ0) is 13.0. The lowest BCUT2D eigenvalue weighted by atomic mass is 9.84. The van der Waals surface area contributed by atoms with E-state index >= 15 is 0 Å². The highest BCUT2D eigenvalue weighted by Gasteiger charge is 2.35. The Morgan fingerprint density at radius 1 is 1.31 bits per heavy atom. The van der Waals surface area contributed by atoms with Gasteiger partial charge < -0.3 is 4.74 Å². The van der Waals surface area contributed by atoms with Crippen LogP contribution >= 0.6 is 46.4 Å². The van der Waals surface area contributed by atoms with Crippen molar-refractivity contribution in [2.75, 3.05) is 14.2 Å². The Balaban J connectivity index is 4.53. The molecule has 0 aliphatic rings. The number of nitrogens with zero attached hydrogens (tertiary/aromatic N) is 1. The van der Waals surface area contributed by atoms with Gasteiger partial charge in [-0.3, -0.25) is 4.99 Å². The molecule has 0 aliphatic carbocycles. The molecule has 0 N–H and O–H groups in total. The molecule has 0 saturated heterocycles. The molecular formula is C10H17Cl4NO. The molecule has 2 nitrogen and oxygen atoms in total. The minimum Gasteiger partial charge on any atom is -0.484 e. The molecular weight excluding hydrogens is 292 g/mol. The Bertz CT molecular complexity index is 248. The van der Waals surface area contributed by atoms with Crippen LogP contribution in [0.4, 0.5) is 0 Å². The Hall–Kier alpha value is 0.630. The lowest BCUT2D eigenvalue weighted by Crippen LogP contribution is -2.31. The molecule has 0 saturated carbocycles. The normalized spacial score (nSPS) is 16.1. The second-order valence-electron chi connectivity index (χ2n) is 4.27. The van der Waals surface area contributed by atoms with Crippen LogP contribution < -0.4 is 0 Å². The molecule has 0 radical (unpaired) electrons. The summed E-state index contributed by atoms with van der Waals surface area (Å²) in [6.07, 6.45) is 0.891. The molecule has 0 rings (SSSR count). The molecule has 0 fully saturated rings. The molecule has 1 unspecified atom stereocenters. The van der Waals surface area contributed by atoms with Gasteiger partial charge in [0.15, 0.2) is 9.69 Å². The van der Waals surface area contributed by atoms with Gasteiger partial charge in [0.25, 0.3) is 0 Å². The van der Waals surface area contributed by atoms with Gasteiger partial charge in [-0.1, -0.05) is 48.7 Å². The Morgan fingerprint density at radius 3 is 2.12 bits per heavy atom. The molecule has 0 bridgehead atoms. The molecule has 0 aromatic heterocycles. The van der Waals surface area contributed by atoms with Crippen molar-refractivity contribution >= 4 is 52.3 Å². The largest absolute Gasteiger partial charge is 0.484 e. The van der Waals surface area contributed by atoms with Gasteiger partial charge in [-0.15, -0.1) is 11.6 Å². The SMILES string of the molecule is CN=C(CC(C)(C)C(Cl)CC(Cl)(Cl)Cl)OC. The van der Waals surface area contributed by atoms with E-state index in [2.05, 4.69) is 4.99 Å². The van der Waals surface area contributed by atoms with E-state index in [4.69, 9.17) is 51.1 Å². The van der Waals surface area contributed by atoms with Crippen LogP contribution in [0.25, 0.3) is 0 Å². The van der Waals surface area contributed by atoms with Crippen LogP contribution in [-0.4, -0.2) is 29.2 Å². The number of ether oxygens (including phenoxy) is 1. The zero-order valence-electron chi connectivity index (χ0n) is 9.86. The summed E-state index contributed by atoms with van der Waals surface area (Å²) >= 11 is 23.4. The van der Waals surface area contributed by atoms with Crippen molar-refractivity contribution in [3.8, 4) is 0 Å². The van der Waals surface area contributed by atoms with Crippen molar-refractivity contribution in [2.24, 2.45) is 10.4 Å². The summed E-state index contributed by atoms with van der Waals surface area (Å²) in [5.74, 6) is 0.639. The first-order valence-electron chi connectivity index (χ1n) is 4.83. The second-order valence-corrected chi connectivity index (χ2v) is 7.32. The fraction of sp³-hybridized carbons (Fsp3) is 0.900. The van der Waals surface area contributed by atoms with Gasteiger partial charge in [0.05, 0.1) is 7.11 Å². The third kappa shape index (κ3) is 6.39. The summed E-state index contributed by atoms with van der Waals surface area (Å²) in [6, 6.07) is 0. The lowest BCUT2D eigenvalue weighted by molar-refractivity contribution is 0.304. The van der Waals surface area contributed by atoms with Crippen LogP contribution in [0.15, 0.2) is 4.99 Å². The van der Waals surface area contributed by atoms with Gasteiger partial charge in [-0.2, -0.15) is 0 Å². The number of methoxy groups -OCH3 is 1. The van der Waals surface area contributed by atoms with Crippen molar-refractivity contribution in [2.45, 2.75) is 35.9 Å². The summed E-state index contributed by atoms with van der Waals surface area (Å²) in [5.41, 5.74) is -0.254. The Labute approximate surface area is 117 Å². The number of alkyl halides is 4. The molecule has 0 aromatic rings. The molecule has 0 spiro atoms. The molecule has 0 heterocycles. The standard InChI is InChI=1S/C10H17Cl4NO/c1-9(2,6-8(15-3)16-4)7(11)5-10(12,13)14/h7H,5-6H2,1-4H3. The minimum absolute atomic E-state index is 0.254. The molecule has 1 atom stereocenters. The van der Waals surface area contributed by atoms with Crippen LogP contribution in [0, 0.1) is 5.41 Å². The maximum Gasteiger partial charge on any atom is 0.192 e. The van der Waals surface area contributed by atoms with E-state index in [-0.39, 0.29) is 17.2 Å². The van der Waals surface area contributed by atoms with Gasteiger partial charge >= 0.3 is 0 Å². The summed E-state index contributed by atoms with van der Waals surface area (Å²) in [5, 5.41) is -0.271. The van der Waals surface area contributed by atoms with Crippen molar-refractivity contribution in [1.82, 2.24) is 0 Å². The number of hydrogen-bond donors (Lipinski definition) is 0. The second kappa shape index (κ2) is 6.53.